The van der Waals surface area contributed by atoms with E-state index < -0.39 is 5.54 Å². The Labute approximate surface area is 98.5 Å². The van der Waals surface area contributed by atoms with Crippen molar-refractivity contribution in [2.45, 2.75) is 18.6 Å². The first-order valence-electron chi connectivity index (χ1n) is 5.27. The Balaban J connectivity index is 2.53. The Bertz CT molecular complexity index is 318. The Morgan fingerprint density at radius 3 is 2.35 bits per heavy atom. The van der Waals surface area contributed by atoms with E-state index in [1.165, 1.54) is 4.68 Å². The van der Waals surface area contributed by atoms with Crippen molar-refractivity contribution in [1.82, 2.24) is 20.3 Å². The van der Waals surface area contributed by atoms with Crippen LogP contribution in [0.15, 0.2) is 6.20 Å². The van der Waals surface area contributed by atoms with Crippen molar-refractivity contribution in [3.05, 3.63) is 11.9 Å². The lowest BCUT2D eigenvalue weighted by Crippen LogP contribution is -2.54. The summed E-state index contributed by atoms with van der Waals surface area (Å²) in [5, 5.41) is 46.4. The van der Waals surface area contributed by atoms with E-state index in [1.54, 1.807) is 6.20 Å². The lowest BCUT2D eigenvalue weighted by molar-refractivity contribution is 0.0411. The summed E-state index contributed by atoms with van der Waals surface area (Å²) >= 11 is 0. The van der Waals surface area contributed by atoms with Crippen LogP contribution in [-0.2, 0) is 13.1 Å². The molecule has 0 atom stereocenters. The highest BCUT2D eigenvalue weighted by atomic mass is 16.3. The molecule has 0 saturated heterocycles. The molecule has 0 aliphatic carbocycles. The highest BCUT2D eigenvalue weighted by molar-refractivity contribution is 4.95. The molecule has 0 amide bonds. The third-order valence-corrected chi connectivity index (χ3v) is 2.47. The summed E-state index contributed by atoms with van der Waals surface area (Å²) in [6.07, 6.45) is 1.64. The second kappa shape index (κ2) is 6.62. The predicted octanol–water partition coefficient (Wildman–Crippen LogP) is -2.92. The van der Waals surface area contributed by atoms with Gasteiger partial charge in [0.05, 0.1) is 44.2 Å². The van der Waals surface area contributed by atoms with Crippen molar-refractivity contribution in [2.75, 3.05) is 26.4 Å². The molecular weight excluding hydrogens is 228 g/mol. The van der Waals surface area contributed by atoms with Crippen LogP contribution in [0.5, 0.6) is 0 Å². The summed E-state index contributed by atoms with van der Waals surface area (Å²) < 4.78 is 1.48. The van der Waals surface area contributed by atoms with Gasteiger partial charge in [-0.3, -0.25) is 5.32 Å². The molecule has 0 saturated carbocycles. The summed E-state index contributed by atoms with van der Waals surface area (Å²) in [5.74, 6) is 0. The number of aromatic nitrogens is 3. The van der Waals surface area contributed by atoms with Gasteiger partial charge in [0, 0.05) is 12.7 Å². The molecule has 1 heterocycles. The lowest BCUT2D eigenvalue weighted by Gasteiger charge is -2.28. The van der Waals surface area contributed by atoms with Crippen molar-refractivity contribution < 1.29 is 20.4 Å². The van der Waals surface area contributed by atoms with Gasteiger partial charge in [0.1, 0.15) is 0 Å². The van der Waals surface area contributed by atoms with Crippen LogP contribution in [0.2, 0.25) is 0 Å². The van der Waals surface area contributed by atoms with Crippen LogP contribution in [0, 0.1) is 0 Å². The van der Waals surface area contributed by atoms with Crippen LogP contribution >= 0.6 is 0 Å². The fourth-order valence-corrected chi connectivity index (χ4v) is 1.23. The molecular formula is C9H18N4O4. The molecule has 0 unspecified atom stereocenters. The topological polar surface area (TPSA) is 124 Å². The Kier molecular flexibility index (Phi) is 5.45. The van der Waals surface area contributed by atoms with E-state index in [4.69, 9.17) is 20.4 Å². The Hall–Kier alpha value is -1.06. The van der Waals surface area contributed by atoms with E-state index in [2.05, 4.69) is 15.6 Å². The minimum atomic E-state index is -1.12. The number of hydrogen-bond acceptors (Lipinski definition) is 7. The molecule has 1 rings (SSSR count). The summed E-state index contributed by atoms with van der Waals surface area (Å²) in [7, 11) is 0. The molecule has 1 aromatic heterocycles. The molecule has 0 bridgehead atoms. The van der Waals surface area contributed by atoms with Gasteiger partial charge in [0.15, 0.2) is 0 Å². The van der Waals surface area contributed by atoms with Crippen LogP contribution in [0.3, 0.4) is 0 Å². The molecule has 0 spiro atoms. The third-order valence-electron chi connectivity index (χ3n) is 2.47. The van der Waals surface area contributed by atoms with Gasteiger partial charge in [-0.15, -0.1) is 5.10 Å². The van der Waals surface area contributed by atoms with Crippen LogP contribution < -0.4 is 5.32 Å². The van der Waals surface area contributed by atoms with Crippen molar-refractivity contribution in [3.8, 4) is 0 Å². The first-order valence-corrected chi connectivity index (χ1v) is 5.27. The van der Waals surface area contributed by atoms with E-state index in [0.717, 1.165) is 0 Å². The van der Waals surface area contributed by atoms with E-state index in [-0.39, 0.29) is 33.0 Å². The predicted molar refractivity (Wildman–Crippen MR) is 57.9 cm³/mol. The van der Waals surface area contributed by atoms with Gasteiger partial charge in [0.2, 0.25) is 0 Å². The van der Waals surface area contributed by atoms with Crippen molar-refractivity contribution in [1.29, 1.82) is 0 Å². The van der Waals surface area contributed by atoms with Gasteiger partial charge >= 0.3 is 0 Å². The molecule has 0 aromatic carbocycles. The number of nitrogens with one attached hydrogen (secondary N) is 1. The SMILES string of the molecule is OCCn1cc(CNC(CO)(CO)CO)nn1. The maximum Gasteiger partial charge on any atom is 0.0965 e. The molecule has 8 heteroatoms. The normalized spacial score (nSPS) is 12.0. The van der Waals surface area contributed by atoms with Crippen molar-refractivity contribution in [2.24, 2.45) is 0 Å². The van der Waals surface area contributed by atoms with E-state index in [9.17, 15) is 0 Å². The zero-order valence-corrected chi connectivity index (χ0v) is 9.45. The standard InChI is InChI=1S/C9H18N4O4/c14-2-1-13-4-8(11-12-13)3-10-9(5-15,6-16)7-17/h4,10,14-17H,1-3,5-7H2. The van der Waals surface area contributed by atoms with Gasteiger partial charge < -0.3 is 20.4 Å². The van der Waals surface area contributed by atoms with Crippen LogP contribution in [-0.4, -0.2) is 67.4 Å². The molecule has 8 nitrogen and oxygen atoms in total. The first-order chi connectivity index (χ1) is 8.19. The zero-order chi connectivity index (χ0) is 12.7. The average molecular weight is 246 g/mol. The third kappa shape index (κ3) is 3.72. The molecule has 0 fully saturated rings. The minimum absolute atomic E-state index is 0.0237. The summed E-state index contributed by atoms with van der Waals surface area (Å²) in [4.78, 5) is 0. The van der Waals surface area contributed by atoms with Gasteiger partial charge in [-0.05, 0) is 0 Å². The fraction of sp³-hybridized carbons (Fsp3) is 0.778. The monoisotopic (exact) mass is 246 g/mol. The lowest BCUT2D eigenvalue weighted by atomic mass is 10.0. The van der Waals surface area contributed by atoms with Gasteiger partial charge in [-0.2, -0.15) is 0 Å². The number of aliphatic hydroxyl groups excluding tert-OH is 4. The summed E-state index contributed by atoms with van der Waals surface area (Å²) in [5.41, 5.74) is -0.529. The summed E-state index contributed by atoms with van der Waals surface area (Å²) in [6.45, 7) is -0.560. The van der Waals surface area contributed by atoms with E-state index in [0.29, 0.717) is 12.2 Å². The maximum absolute atomic E-state index is 9.09. The fourth-order valence-electron chi connectivity index (χ4n) is 1.23. The van der Waals surface area contributed by atoms with Crippen LogP contribution in [0.25, 0.3) is 0 Å². The molecule has 5 N–H and O–H groups in total. The van der Waals surface area contributed by atoms with E-state index >= 15 is 0 Å². The maximum atomic E-state index is 9.09. The summed E-state index contributed by atoms with van der Waals surface area (Å²) in [6, 6.07) is 0. The molecule has 17 heavy (non-hydrogen) atoms. The molecule has 0 aliphatic heterocycles. The van der Waals surface area contributed by atoms with Gasteiger partial charge in [-0.25, -0.2) is 4.68 Å². The first kappa shape index (κ1) is 14.0. The second-order valence-corrected chi connectivity index (χ2v) is 3.80. The largest absolute Gasteiger partial charge is 0.394 e. The van der Waals surface area contributed by atoms with Crippen molar-refractivity contribution in [3.63, 3.8) is 0 Å². The van der Waals surface area contributed by atoms with Crippen molar-refractivity contribution >= 4 is 0 Å². The highest BCUT2D eigenvalue weighted by Gasteiger charge is 2.27. The number of nitrogens with zero attached hydrogens (tertiary/aromatic N) is 3. The smallest absolute Gasteiger partial charge is 0.0965 e. The minimum Gasteiger partial charge on any atom is -0.394 e. The quantitative estimate of drug-likeness (QED) is 0.333. The van der Waals surface area contributed by atoms with Crippen LogP contribution in [0.1, 0.15) is 5.69 Å². The van der Waals surface area contributed by atoms with Gasteiger partial charge in [-0.1, -0.05) is 5.21 Å². The van der Waals surface area contributed by atoms with Gasteiger partial charge in [0.25, 0.3) is 0 Å². The number of hydrogen-bond donors (Lipinski definition) is 5. The molecule has 1 aromatic rings. The average Bonchev–Trinajstić information content (AvgIpc) is 2.80. The van der Waals surface area contributed by atoms with E-state index in [1.807, 2.05) is 0 Å². The molecule has 98 valence electrons. The number of rotatable bonds is 8. The van der Waals surface area contributed by atoms with Crippen LogP contribution in [0.4, 0.5) is 0 Å². The molecule has 0 radical (unpaired) electrons. The Morgan fingerprint density at radius 2 is 1.82 bits per heavy atom. The number of aliphatic hydroxyl groups is 4. The highest BCUT2D eigenvalue weighted by Crippen LogP contribution is 2.03. The zero-order valence-electron chi connectivity index (χ0n) is 9.45. The Morgan fingerprint density at radius 1 is 1.18 bits per heavy atom. The molecule has 0 aliphatic rings. The second-order valence-electron chi connectivity index (χ2n) is 3.80.